The summed E-state index contributed by atoms with van der Waals surface area (Å²) in [6, 6.07) is 13.7. The van der Waals surface area contributed by atoms with Gasteiger partial charge in [0.05, 0.1) is 27.7 Å². The molecule has 0 radical (unpaired) electrons. The van der Waals surface area contributed by atoms with Crippen LogP contribution in [0.2, 0.25) is 5.02 Å². The predicted octanol–water partition coefficient (Wildman–Crippen LogP) is 3.43. The van der Waals surface area contributed by atoms with Gasteiger partial charge in [-0.25, -0.2) is 13.4 Å². The summed E-state index contributed by atoms with van der Waals surface area (Å²) in [5.41, 5.74) is 7.55. The van der Waals surface area contributed by atoms with Gasteiger partial charge in [0, 0.05) is 18.6 Å². The molecule has 0 bridgehead atoms. The molecule has 0 aliphatic carbocycles. The van der Waals surface area contributed by atoms with E-state index in [0.717, 1.165) is 17.2 Å². The standard InChI is InChI=1S/C19H18ClN3O3S/c1-12(24)23(17-5-3-4-6-18(17)27(2,25)26)11-13-7-8-14-10-15(20)19(21)22-16(14)9-13/h3-10H,11H2,1-2H3,(H2,21,22). The number of rotatable bonds is 4. The smallest absolute Gasteiger partial charge is 0.224 e. The average Bonchev–Trinajstić information content (AvgIpc) is 2.60. The van der Waals surface area contributed by atoms with Crippen LogP contribution in [-0.2, 0) is 21.2 Å². The number of nitrogen functional groups attached to an aromatic ring is 1. The van der Waals surface area contributed by atoms with Crippen molar-refractivity contribution in [3.05, 3.63) is 59.1 Å². The van der Waals surface area contributed by atoms with Crippen molar-refractivity contribution in [3.8, 4) is 0 Å². The molecular formula is C19H18ClN3O3S. The minimum atomic E-state index is -3.49. The Morgan fingerprint density at radius 3 is 2.56 bits per heavy atom. The van der Waals surface area contributed by atoms with Crippen LogP contribution in [-0.4, -0.2) is 25.6 Å². The summed E-state index contributed by atoms with van der Waals surface area (Å²) in [5.74, 6) is -0.0399. The third kappa shape index (κ3) is 4.04. The number of sulfone groups is 1. The number of carbonyl (C=O) groups is 1. The number of aromatic nitrogens is 1. The van der Waals surface area contributed by atoms with Crippen LogP contribution in [0.25, 0.3) is 10.9 Å². The molecule has 8 heteroatoms. The molecule has 0 unspecified atom stereocenters. The highest BCUT2D eigenvalue weighted by Gasteiger charge is 2.21. The fourth-order valence-electron chi connectivity index (χ4n) is 2.84. The van der Waals surface area contributed by atoms with E-state index >= 15 is 0 Å². The average molecular weight is 404 g/mol. The number of hydrogen-bond acceptors (Lipinski definition) is 5. The van der Waals surface area contributed by atoms with Crippen molar-refractivity contribution < 1.29 is 13.2 Å². The SMILES string of the molecule is CC(=O)N(Cc1ccc2cc(Cl)c(N)nc2c1)c1ccccc1S(C)(=O)=O. The maximum Gasteiger partial charge on any atom is 0.224 e. The molecule has 0 atom stereocenters. The Morgan fingerprint density at radius 1 is 1.19 bits per heavy atom. The van der Waals surface area contributed by atoms with Crippen molar-refractivity contribution in [2.24, 2.45) is 0 Å². The second-order valence-corrected chi connectivity index (χ2v) is 8.62. The van der Waals surface area contributed by atoms with Gasteiger partial charge in [0.1, 0.15) is 5.82 Å². The minimum Gasteiger partial charge on any atom is -0.382 e. The van der Waals surface area contributed by atoms with Gasteiger partial charge in [0.2, 0.25) is 5.91 Å². The maximum absolute atomic E-state index is 12.3. The van der Waals surface area contributed by atoms with Crippen LogP contribution < -0.4 is 10.6 Å². The first kappa shape index (κ1) is 19.1. The molecule has 140 valence electrons. The van der Waals surface area contributed by atoms with E-state index in [9.17, 15) is 13.2 Å². The van der Waals surface area contributed by atoms with E-state index in [2.05, 4.69) is 4.98 Å². The first-order valence-corrected chi connectivity index (χ1v) is 10.4. The Labute approximate surface area is 162 Å². The molecule has 27 heavy (non-hydrogen) atoms. The number of pyridine rings is 1. The quantitative estimate of drug-likeness (QED) is 0.720. The fraction of sp³-hybridized carbons (Fsp3) is 0.158. The number of halogens is 1. The summed E-state index contributed by atoms with van der Waals surface area (Å²) in [5, 5.41) is 1.20. The lowest BCUT2D eigenvalue weighted by molar-refractivity contribution is -0.116. The zero-order valence-corrected chi connectivity index (χ0v) is 16.4. The third-order valence-electron chi connectivity index (χ3n) is 4.14. The maximum atomic E-state index is 12.3. The molecule has 3 rings (SSSR count). The lowest BCUT2D eigenvalue weighted by Gasteiger charge is -2.23. The van der Waals surface area contributed by atoms with Gasteiger partial charge in [-0.2, -0.15) is 0 Å². The summed E-state index contributed by atoms with van der Waals surface area (Å²) in [6.07, 6.45) is 1.12. The number of carbonyl (C=O) groups excluding carboxylic acids is 1. The van der Waals surface area contributed by atoms with Crippen LogP contribution in [0.3, 0.4) is 0 Å². The molecule has 0 aliphatic heterocycles. The predicted molar refractivity (Wildman–Crippen MR) is 108 cm³/mol. The Hall–Kier alpha value is -2.64. The first-order valence-electron chi connectivity index (χ1n) is 8.08. The largest absolute Gasteiger partial charge is 0.382 e. The van der Waals surface area contributed by atoms with Gasteiger partial charge in [-0.1, -0.05) is 35.9 Å². The zero-order valence-electron chi connectivity index (χ0n) is 14.8. The molecule has 3 aromatic rings. The van der Waals surface area contributed by atoms with Gasteiger partial charge < -0.3 is 10.6 Å². The first-order chi connectivity index (χ1) is 12.7. The van der Waals surface area contributed by atoms with Gasteiger partial charge >= 0.3 is 0 Å². The second kappa shape index (κ2) is 7.17. The topological polar surface area (TPSA) is 93.4 Å². The molecule has 0 saturated carbocycles. The number of nitrogens with zero attached hydrogens (tertiary/aromatic N) is 2. The van der Waals surface area contributed by atoms with Gasteiger partial charge in [0.25, 0.3) is 0 Å². The zero-order chi connectivity index (χ0) is 19.8. The summed E-state index contributed by atoms with van der Waals surface area (Å²) >= 11 is 6.00. The monoisotopic (exact) mass is 403 g/mol. The second-order valence-electron chi connectivity index (χ2n) is 6.23. The molecule has 2 aromatic carbocycles. The molecule has 1 heterocycles. The Balaban J connectivity index is 2.05. The van der Waals surface area contributed by atoms with Gasteiger partial charge in [0.15, 0.2) is 9.84 Å². The molecule has 0 saturated heterocycles. The summed E-state index contributed by atoms with van der Waals surface area (Å²) in [7, 11) is -3.49. The highest BCUT2D eigenvalue weighted by molar-refractivity contribution is 7.90. The highest BCUT2D eigenvalue weighted by Crippen LogP contribution is 2.28. The lowest BCUT2D eigenvalue weighted by atomic mass is 10.1. The van der Waals surface area contributed by atoms with Crippen LogP contribution in [0.1, 0.15) is 12.5 Å². The molecule has 2 N–H and O–H groups in total. The van der Waals surface area contributed by atoms with Crippen molar-refractivity contribution in [1.82, 2.24) is 4.98 Å². The van der Waals surface area contributed by atoms with Crippen molar-refractivity contribution in [2.45, 2.75) is 18.4 Å². The number of benzene rings is 2. The van der Waals surface area contributed by atoms with Crippen molar-refractivity contribution >= 4 is 49.8 Å². The minimum absolute atomic E-state index is 0.107. The van der Waals surface area contributed by atoms with E-state index in [0.29, 0.717) is 16.2 Å². The molecule has 0 aliphatic rings. The van der Waals surface area contributed by atoms with E-state index in [1.54, 1.807) is 30.3 Å². The molecule has 1 amide bonds. The molecular weight excluding hydrogens is 386 g/mol. The number of hydrogen-bond donors (Lipinski definition) is 1. The van der Waals surface area contributed by atoms with E-state index in [4.69, 9.17) is 17.3 Å². The number of anilines is 2. The van der Waals surface area contributed by atoms with Crippen molar-refractivity contribution in [2.75, 3.05) is 16.9 Å². The van der Waals surface area contributed by atoms with E-state index < -0.39 is 9.84 Å². The van der Waals surface area contributed by atoms with E-state index in [-0.39, 0.29) is 23.2 Å². The Kier molecular flexibility index (Phi) is 5.08. The van der Waals surface area contributed by atoms with Gasteiger partial charge in [-0.3, -0.25) is 4.79 Å². The van der Waals surface area contributed by atoms with Crippen molar-refractivity contribution in [3.63, 3.8) is 0 Å². The van der Waals surface area contributed by atoms with E-state index in [1.165, 1.54) is 17.9 Å². The van der Waals surface area contributed by atoms with Gasteiger partial charge in [-0.15, -0.1) is 0 Å². The summed E-state index contributed by atoms with van der Waals surface area (Å²) < 4.78 is 24.2. The van der Waals surface area contributed by atoms with Crippen LogP contribution in [0.5, 0.6) is 0 Å². The molecule has 1 aromatic heterocycles. The van der Waals surface area contributed by atoms with E-state index in [1.807, 2.05) is 12.1 Å². The number of para-hydroxylation sites is 1. The van der Waals surface area contributed by atoms with Crippen LogP contribution >= 0.6 is 11.6 Å². The number of nitrogens with two attached hydrogens (primary N) is 1. The summed E-state index contributed by atoms with van der Waals surface area (Å²) in [4.78, 5) is 18.1. The lowest BCUT2D eigenvalue weighted by Crippen LogP contribution is -2.29. The van der Waals surface area contributed by atoms with Crippen LogP contribution in [0, 0.1) is 0 Å². The Bertz CT molecular complexity index is 1150. The van der Waals surface area contributed by atoms with Crippen molar-refractivity contribution in [1.29, 1.82) is 0 Å². The Morgan fingerprint density at radius 2 is 1.89 bits per heavy atom. The number of fused-ring (bicyclic) bond motifs is 1. The highest BCUT2D eigenvalue weighted by atomic mass is 35.5. The van der Waals surface area contributed by atoms with Gasteiger partial charge in [-0.05, 0) is 29.8 Å². The normalized spacial score (nSPS) is 11.5. The third-order valence-corrected chi connectivity index (χ3v) is 5.59. The molecule has 0 fully saturated rings. The number of amides is 1. The molecule has 6 nitrogen and oxygen atoms in total. The van der Waals surface area contributed by atoms with Crippen LogP contribution in [0.15, 0.2) is 53.4 Å². The molecule has 0 spiro atoms. The fourth-order valence-corrected chi connectivity index (χ4v) is 3.89. The summed E-state index contributed by atoms with van der Waals surface area (Å²) in [6.45, 7) is 1.60. The van der Waals surface area contributed by atoms with Crippen LogP contribution in [0.4, 0.5) is 11.5 Å².